The van der Waals surface area contributed by atoms with E-state index in [4.69, 9.17) is 14.7 Å². The quantitative estimate of drug-likeness (QED) is 0.376. The highest BCUT2D eigenvalue weighted by atomic mass is 32.2. The Bertz CT molecular complexity index is 950. The minimum atomic E-state index is -3.89. The fourth-order valence-corrected chi connectivity index (χ4v) is 3.78. The Balaban J connectivity index is 2.11. The van der Waals surface area contributed by atoms with Crippen molar-refractivity contribution in [3.63, 3.8) is 0 Å². The molecule has 1 heterocycles. The number of methoxy groups -OCH3 is 1. The lowest BCUT2D eigenvalue weighted by Crippen LogP contribution is -2.51. The van der Waals surface area contributed by atoms with Crippen LogP contribution in [0.2, 0.25) is 0 Å². The third-order valence-electron chi connectivity index (χ3n) is 5.10. The third kappa shape index (κ3) is 5.30. The highest BCUT2D eigenvalue weighted by Gasteiger charge is 2.48. The first-order valence-corrected chi connectivity index (χ1v) is 11.1. The summed E-state index contributed by atoms with van der Waals surface area (Å²) < 4.78 is 32.7. The monoisotopic (exact) mass is 438 g/mol. The van der Waals surface area contributed by atoms with E-state index < -0.39 is 32.7 Å². The lowest BCUT2D eigenvalue weighted by Gasteiger charge is -2.26. The highest BCUT2D eigenvalue weighted by molar-refractivity contribution is 7.92. The zero-order valence-electron chi connectivity index (χ0n) is 17.3. The van der Waals surface area contributed by atoms with E-state index in [-0.39, 0.29) is 19.1 Å². The SMILES string of the molecule is COC(C)CC#Cc1ccc(N2C[C@H](C[C@](C)(C(=O)NO)S(C)(=O)=O)OC2=O)cc1. The molecule has 2 amide bonds. The van der Waals surface area contributed by atoms with Crippen molar-refractivity contribution in [3.8, 4) is 11.8 Å². The van der Waals surface area contributed by atoms with Gasteiger partial charge in [0.25, 0.3) is 5.91 Å². The lowest BCUT2D eigenvalue weighted by atomic mass is 10.0. The van der Waals surface area contributed by atoms with Gasteiger partial charge in [-0.1, -0.05) is 11.8 Å². The van der Waals surface area contributed by atoms with Gasteiger partial charge in [-0.3, -0.25) is 14.9 Å². The largest absolute Gasteiger partial charge is 0.444 e. The molecule has 2 rings (SSSR count). The summed E-state index contributed by atoms with van der Waals surface area (Å²) in [7, 11) is -2.27. The fraction of sp³-hybridized carbons (Fsp3) is 0.500. The molecule has 3 atom stereocenters. The van der Waals surface area contributed by atoms with Crippen LogP contribution in [-0.4, -0.2) is 62.5 Å². The second-order valence-corrected chi connectivity index (χ2v) is 9.81. The number of amides is 2. The van der Waals surface area contributed by atoms with Crippen molar-refractivity contribution >= 4 is 27.5 Å². The molecular weight excluding hydrogens is 412 g/mol. The molecule has 1 aliphatic rings. The van der Waals surface area contributed by atoms with Gasteiger partial charge in [-0.2, -0.15) is 0 Å². The van der Waals surface area contributed by atoms with Crippen LogP contribution in [0.3, 0.4) is 0 Å². The summed E-state index contributed by atoms with van der Waals surface area (Å²) in [6, 6.07) is 6.95. The number of hydrogen-bond acceptors (Lipinski definition) is 7. The molecule has 0 aliphatic carbocycles. The predicted octanol–water partition coefficient (Wildman–Crippen LogP) is 1.49. The average Bonchev–Trinajstić information content (AvgIpc) is 3.06. The van der Waals surface area contributed by atoms with Crippen LogP contribution in [-0.2, 0) is 24.1 Å². The van der Waals surface area contributed by atoms with Gasteiger partial charge in [-0.15, -0.1) is 0 Å². The van der Waals surface area contributed by atoms with Crippen LogP contribution in [0.25, 0.3) is 0 Å². The summed E-state index contributed by atoms with van der Waals surface area (Å²) in [5.74, 6) is 4.95. The molecule has 1 fully saturated rings. The minimum Gasteiger partial charge on any atom is -0.444 e. The first-order chi connectivity index (χ1) is 14.0. The van der Waals surface area contributed by atoms with Crippen molar-refractivity contribution in [2.45, 2.75) is 43.6 Å². The molecule has 10 heteroatoms. The maximum atomic E-state index is 12.3. The molecule has 0 radical (unpaired) electrons. The molecular formula is C20H26N2O7S. The van der Waals surface area contributed by atoms with Crippen molar-refractivity contribution in [2.24, 2.45) is 0 Å². The smallest absolute Gasteiger partial charge is 0.414 e. The summed E-state index contributed by atoms with van der Waals surface area (Å²) in [5.41, 5.74) is 2.72. The van der Waals surface area contributed by atoms with E-state index >= 15 is 0 Å². The number of carbonyl (C=O) groups is 2. The van der Waals surface area contributed by atoms with Crippen molar-refractivity contribution in [3.05, 3.63) is 29.8 Å². The van der Waals surface area contributed by atoms with Gasteiger partial charge in [-0.05, 0) is 38.1 Å². The van der Waals surface area contributed by atoms with Crippen LogP contribution >= 0.6 is 0 Å². The van der Waals surface area contributed by atoms with E-state index in [0.29, 0.717) is 12.1 Å². The van der Waals surface area contributed by atoms with Crippen molar-refractivity contribution in [1.82, 2.24) is 5.48 Å². The first-order valence-electron chi connectivity index (χ1n) is 9.26. The molecule has 1 unspecified atom stereocenters. The number of hydrogen-bond donors (Lipinski definition) is 2. The molecule has 30 heavy (non-hydrogen) atoms. The van der Waals surface area contributed by atoms with Crippen molar-refractivity contribution in [1.29, 1.82) is 0 Å². The van der Waals surface area contributed by atoms with Crippen LogP contribution in [0.15, 0.2) is 24.3 Å². The van der Waals surface area contributed by atoms with Crippen LogP contribution in [0.4, 0.5) is 10.5 Å². The van der Waals surface area contributed by atoms with Gasteiger partial charge in [0, 0.05) is 37.5 Å². The second-order valence-electron chi connectivity index (χ2n) is 7.36. The number of rotatable bonds is 7. The number of anilines is 1. The van der Waals surface area contributed by atoms with Crippen LogP contribution in [0.1, 0.15) is 32.3 Å². The van der Waals surface area contributed by atoms with Gasteiger partial charge in [0.2, 0.25) is 0 Å². The number of hydroxylamine groups is 1. The van der Waals surface area contributed by atoms with E-state index in [1.54, 1.807) is 31.4 Å². The summed E-state index contributed by atoms with van der Waals surface area (Å²) in [4.78, 5) is 25.6. The summed E-state index contributed by atoms with van der Waals surface area (Å²) >= 11 is 0. The molecule has 164 valence electrons. The molecule has 0 bridgehead atoms. The van der Waals surface area contributed by atoms with Crippen molar-refractivity contribution in [2.75, 3.05) is 24.8 Å². The number of carbonyl (C=O) groups excluding carboxylic acids is 2. The summed E-state index contributed by atoms with van der Waals surface area (Å²) in [6.07, 6.45) is -0.249. The Kier molecular flexibility index (Phi) is 7.47. The number of nitrogens with one attached hydrogen (secondary N) is 1. The predicted molar refractivity (Wildman–Crippen MR) is 110 cm³/mol. The molecule has 1 aromatic carbocycles. The topological polar surface area (TPSA) is 122 Å². The fourth-order valence-electron chi connectivity index (χ4n) is 2.91. The molecule has 0 spiro atoms. The van der Waals surface area contributed by atoms with Gasteiger partial charge in [0.15, 0.2) is 14.6 Å². The van der Waals surface area contributed by atoms with Crippen LogP contribution in [0, 0.1) is 11.8 Å². The molecule has 9 nitrogen and oxygen atoms in total. The lowest BCUT2D eigenvalue weighted by molar-refractivity contribution is -0.132. The highest BCUT2D eigenvalue weighted by Crippen LogP contribution is 2.30. The maximum absolute atomic E-state index is 12.3. The van der Waals surface area contributed by atoms with E-state index in [9.17, 15) is 18.0 Å². The third-order valence-corrected chi connectivity index (χ3v) is 7.08. The van der Waals surface area contributed by atoms with Crippen LogP contribution < -0.4 is 10.4 Å². The van der Waals surface area contributed by atoms with Gasteiger partial charge in [0.1, 0.15) is 6.10 Å². The van der Waals surface area contributed by atoms with Crippen molar-refractivity contribution < 1.29 is 32.7 Å². The molecule has 0 aromatic heterocycles. The van der Waals surface area contributed by atoms with E-state index in [2.05, 4.69) is 11.8 Å². The standard InChI is InChI=1S/C20H26N2O7S/c1-14(28-3)6-5-7-15-8-10-16(11-9-15)22-13-17(29-19(22)24)12-20(2,18(23)21-25)30(4,26)27/h8-11,14,17,25H,6,12-13H2,1-4H3,(H,21,23)/t14?,17-,20+/m0/s1. The Labute approximate surface area is 176 Å². The first kappa shape index (κ1) is 23.7. The molecule has 0 saturated carbocycles. The minimum absolute atomic E-state index is 0.0404. The number of sulfone groups is 1. The molecule has 2 N–H and O–H groups in total. The zero-order chi connectivity index (χ0) is 22.5. The molecule has 1 aromatic rings. The number of benzene rings is 1. The van der Waals surface area contributed by atoms with E-state index in [0.717, 1.165) is 11.8 Å². The Morgan fingerprint density at radius 2 is 2.07 bits per heavy atom. The Hall–Kier alpha value is -2.61. The summed E-state index contributed by atoms with van der Waals surface area (Å²) in [6.45, 7) is 3.17. The number of ether oxygens (including phenoxy) is 2. The van der Waals surface area contributed by atoms with E-state index in [1.807, 2.05) is 6.92 Å². The zero-order valence-corrected chi connectivity index (χ0v) is 18.2. The average molecular weight is 439 g/mol. The van der Waals surface area contributed by atoms with Gasteiger partial charge < -0.3 is 9.47 Å². The molecule has 1 saturated heterocycles. The van der Waals surface area contributed by atoms with Gasteiger partial charge >= 0.3 is 6.09 Å². The number of cyclic esters (lactones) is 1. The molecule has 1 aliphatic heterocycles. The summed E-state index contributed by atoms with van der Waals surface area (Å²) in [5, 5.41) is 8.92. The van der Waals surface area contributed by atoms with Crippen LogP contribution in [0.5, 0.6) is 0 Å². The Morgan fingerprint density at radius 3 is 2.60 bits per heavy atom. The van der Waals surface area contributed by atoms with E-state index in [1.165, 1.54) is 17.3 Å². The normalized spacial score (nSPS) is 19.3. The van der Waals surface area contributed by atoms with Gasteiger partial charge in [-0.25, -0.2) is 18.7 Å². The second kappa shape index (κ2) is 9.47. The number of nitrogens with zero attached hydrogens (tertiary/aromatic N) is 1. The van der Waals surface area contributed by atoms with Gasteiger partial charge in [0.05, 0.1) is 12.6 Å². The Morgan fingerprint density at radius 1 is 1.43 bits per heavy atom. The maximum Gasteiger partial charge on any atom is 0.414 e.